The zero-order chi connectivity index (χ0) is 29.8. The molecule has 7 nitrogen and oxygen atoms in total. The zero-order valence-electron chi connectivity index (χ0n) is 21.9. The zero-order valence-corrected chi connectivity index (χ0v) is 23.4. The van der Waals surface area contributed by atoms with Crippen LogP contribution in [0.1, 0.15) is 40.3 Å². The molecule has 12 heteroatoms. The van der Waals surface area contributed by atoms with Crippen LogP contribution in [-0.2, 0) is 17.9 Å². The van der Waals surface area contributed by atoms with Gasteiger partial charge in [-0.1, -0.05) is 43.1 Å². The summed E-state index contributed by atoms with van der Waals surface area (Å²) in [5, 5.41) is 8.47. The molecule has 41 heavy (non-hydrogen) atoms. The lowest BCUT2D eigenvalue weighted by Crippen LogP contribution is -2.27. The van der Waals surface area contributed by atoms with E-state index in [-0.39, 0.29) is 45.4 Å². The fourth-order valence-electron chi connectivity index (χ4n) is 4.09. The van der Waals surface area contributed by atoms with E-state index in [1.54, 1.807) is 32.0 Å². The number of rotatable bonds is 9. The first-order chi connectivity index (χ1) is 19.4. The third-order valence-electron chi connectivity index (χ3n) is 6.16. The molecule has 0 saturated carbocycles. The highest BCUT2D eigenvalue weighted by Crippen LogP contribution is 2.27. The van der Waals surface area contributed by atoms with Crippen LogP contribution in [0, 0.1) is 11.7 Å². The molecule has 3 aromatic carbocycles. The average Bonchev–Trinajstić information content (AvgIpc) is 3.26. The van der Waals surface area contributed by atoms with E-state index in [0.717, 1.165) is 10.6 Å². The molecule has 0 aliphatic heterocycles. The van der Waals surface area contributed by atoms with Crippen LogP contribution >= 0.6 is 23.2 Å². The average molecular weight is 605 g/mol. The summed E-state index contributed by atoms with van der Waals surface area (Å²) in [5.41, 5.74) is 1.52. The lowest BCUT2D eigenvalue weighted by molar-refractivity contribution is -0.124. The van der Waals surface area contributed by atoms with Gasteiger partial charge in [0.25, 0.3) is 18.2 Å². The Morgan fingerprint density at radius 3 is 2.20 bits per heavy atom. The molecule has 0 aliphatic carbocycles. The molecule has 3 amide bonds. The van der Waals surface area contributed by atoms with Crippen LogP contribution in [0.15, 0.2) is 60.7 Å². The third kappa shape index (κ3) is 7.20. The van der Waals surface area contributed by atoms with Crippen molar-refractivity contribution in [1.82, 2.24) is 9.88 Å². The van der Waals surface area contributed by atoms with Crippen molar-refractivity contribution in [2.24, 2.45) is 5.92 Å². The van der Waals surface area contributed by atoms with Crippen molar-refractivity contribution in [3.63, 3.8) is 0 Å². The molecule has 214 valence electrons. The molecule has 3 N–H and O–H groups in total. The molecule has 1 heterocycles. The Balaban J connectivity index is 1.58. The summed E-state index contributed by atoms with van der Waals surface area (Å²) in [6, 6.07) is 14.4. The largest absolute Gasteiger partial charge is 0.352 e. The Kier molecular flexibility index (Phi) is 9.25. The van der Waals surface area contributed by atoms with E-state index >= 15 is 0 Å². The van der Waals surface area contributed by atoms with Gasteiger partial charge in [-0.05, 0) is 60.2 Å². The number of fused-ring (bicyclic) bond motifs is 1. The minimum Gasteiger partial charge on any atom is -0.352 e. The van der Waals surface area contributed by atoms with Crippen molar-refractivity contribution in [3.8, 4) is 0 Å². The summed E-state index contributed by atoms with van der Waals surface area (Å²) in [6.45, 7) is 2.99. The molecule has 0 atom stereocenters. The number of benzene rings is 3. The molecule has 0 spiro atoms. The van der Waals surface area contributed by atoms with Gasteiger partial charge in [-0.2, -0.15) is 0 Å². The number of hydrogen-bond acceptors (Lipinski definition) is 3. The van der Waals surface area contributed by atoms with E-state index in [1.807, 2.05) is 0 Å². The van der Waals surface area contributed by atoms with Crippen LogP contribution in [0.25, 0.3) is 10.9 Å². The minimum absolute atomic E-state index is 0.0849. The van der Waals surface area contributed by atoms with Crippen LogP contribution in [0.5, 0.6) is 0 Å². The van der Waals surface area contributed by atoms with Gasteiger partial charge in [-0.3, -0.25) is 14.4 Å². The lowest BCUT2D eigenvalue weighted by Gasteiger charge is -2.12. The monoisotopic (exact) mass is 604 g/mol. The molecule has 4 rings (SSSR count). The Bertz CT molecular complexity index is 1640. The number of halogens is 5. The highest BCUT2D eigenvalue weighted by Gasteiger charge is 2.20. The maximum Gasteiger partial charge on any atom is 0.272 e. The number of nitrogens with one attached hydrogen (secondary N) is 3. The van der Waals surface area contributed by atoms with Gasteiger partial charge in [0.2, 0.25) is 5.91 Å². The number of aromatic nitrogens is 1. The first-order valence-corrected chi connectivity index (χ1v) is 13.2. The second-order valence-electron chi connectivity index (χ2n) is 9.53. The summed E-state index contributed by atoms with van der Waals surface area (Å²) in [7, 11) is 0. The predicted octanol–water partition coefficient (Wildman–Crippen LogP) is 7.13. The molecule has 0 fully saturated rings. The van der Waals surface area contributed by atoms with Crippen LogP contribution in [0.2, 0.25) is 10.0 Å². The number of hydrogen-bond donors (Lipinski definition) is 3. The second-order valence-corrected chi connectivity index (χ2v) is 10.3. The SMILES string of the molecule is CC(C)C(=O)NCc1ccc(Cl)c(C(=O)Nc2ccc3c(c2)cc(C(=O)Nc2ccc(Cl)c(F)c2)n3CC(F)F)c1. The van der Waals surface area contributed by atoms with Gasteiger partial charge in [-0.25, -0.2) is 13.2 Å². The first kappa shape index (κ1) is 30.0. The van der Waals surface area contributed by atoms with Gasteiger partial charge in [0, 0.05) is 34.7 Å². The van der Waals surface area contributed by atoms with Crippen molar-refractivity contribution in [1.29, 1.82) is 0 Å². The van der Waals surface area contributed by atoms with Crippen molar-refractivity contribution in [2.45, 2.75) is 33.4 Å². The van der Waals surface area contributed by atoms with Gasteiger partial charge in [-0.15, -0.1) is 0 Å². The normalized spacial score (nSPS) is 11.2. The number of alkyl halides is 2. The van der Waals surface area contributed by atoms with E-state index in [0.29, 0.717) is 22.2 Å². The minimum atomic E-state index is -2.76. The van der Waals surface area contributed by atoms with Crippen molar-refractivity contribution in [3.05, 3.63) is 93.3 Å². The maximum atomic E-state index is 13.8. The van der Waals surface area contributed by atoms with Crippen LogP contribution < -0.4 is 16.0 Å². The lowest BCUT2D eigenvalue weighted by atomic mass is 10.1. The Hall–Kier alpha value is -4.02. The summed E-state index contributed by atoms with van der Waals surface area (Å²) >= 11 is 11.9. The first-order valence-electron chi connectivity index (χ1n) is 12.5. The van der Waals surface area contributed by atoms with E-state index in [1.165, 1.54) is 36.4 Å². The number of carbonyl (C=O) groups excluding carboxylic acids is 3. The standard InChI is InChI=1S/C29H25Cl2F3N4O3/c1-15(2)27(39)35-13-16-3-6-21(30)20(9-16)28(40)36-18-5-8-24-17(10-18)11-25(38(24)14-26(33)34)29(41)37-19-4-7-22(31)23(32)12-19/h3-12,15,26H,13-14H2,1-2H3,(H,35,39)(H,36,40)(H,37,41). The highest BCUT2D eigenvalue weighted by molar-refractivity contribution is 6.34. The van der Waals surface area contributed by atoms with E-state index < -0.39 is 30.6 Å². The summed E-state index contributed by atoms with van der Waals surface area (Å²) in [5.74, 6) is -2.33. The number of nitrogens with zero attached hydrogens (tertiary/aromatic N) is 1. The molecule has 1 aromatic heterocycles. The molecule has 0 radical (unpaired) electrons. The number of anilines is 2. The van der Waals surface area contributed by atoms with E-state index in [4.69, 9.17) is 23.2 Å². The molecule has 0 unspecified atom stereocenters. The summed E-state index contributed by atoms with van der Waals surface area (Å²) < 4.78 is 41.8. The topological polar surface area (TPSA) is 92.2 Å². The van der Waals surface area contributed by atoms with E-state index in [9.17, 15) is 27.6 Å². The van der Waals surface area contributed by atoms with Gasteiger partial charge < -0.3 is 20.5 Å². The molecule has 0 saturated heterocycles. The maximum absolute atomic E-state index is 13.8. The molecular weight excluding hydrogens is 580 g/mol. The number of carbonyl (C=O) groups is 3. The highest BCUT2D eigenvalue weighted by atomic mass is 35.5. The van der Waals surface area contributed by atoms with Crippen LogP contribution in [0.3, 0.4) is 0 Å². The van der Waals surface area contributed by atoms with Gasteiger partial charge in [0.05, 0.1) is 22.2 Å². The van der Waals surface area contributed by atoms with Gasteiger partial charge in [0.15, 0.2) is 0 Å². The van der Waals surface area contributed by atoms with Crippen LogP contribution in [-0.4, -0.2) is 28.7 Å². The summed E-state index contributed by atoms with van der Waals surface area (Å²) in [6.07, 6.45) is -2.76. The molecule has 0 bridgehead atoms. The van der Waals surface area contributed by atoms with Gasteiger partial charge in [0.1, 0.15) is 11.5 Å². The smallest absolute Gasteiger partial charge is 0.272 e. The second kappa shape index (κ2) is 12.7. The molecule has 4 aromatic rings. The summed E-state index contributed by atoms with van der Waals surface area (Å²) in [4.78, 5) is 37.9. The third-order valence-corrected chi connectivity index (χ3v) is 6.79. The Morgan fingerprint density at radius 2 is 1.51 bits per heavy atom. The van der Waals surface area contributed by atoms with Crippen molar-refractivity contribution < 1.29 is 27.6 Å². The Morgan fingerprint density at radius 1 is 0.854 bits per heavy atom. The Labute approximate surface area is 243 Å². The predicted molar refractivity (Wildman–Crippen MR) is 153 cm³/mol. The quantitative estimate of drug-likeness (QED) is 0.190. The fraction of sp³-hybridized carbons (Fsp3) is 0.207. The van der Waals surface area contributed by atoms with E-state index in [2.05, 4.69) is 16.0 Å². The van der Waals surface area contributed by atoms with Gasteiger partial charge >= 0.3 is 0 Å². The van der Waals surface area contributed by atoms with Crippen LogP contribution in [0.4, 0.5) is 24.5 Å². The molecular formula is C29H25Cl2F3N4O3. The fourth-order valence-corrected chi connectivity index (χ4v) is 4.41. The molecule has 0 aliphatic rings. The number of amides is 3. The van der Waals surface area contributed by atoms with Crippen molar-refractivity contribution in [2.75, 3.05) is 10.6 Å². The van der Waals surface area contributed by atoms with Crippen molar-refractivity contribution >= 4 is 63.2 Å².